The molecule has 0 amide bonds. The van der Waals surface area contributed by atoms with Gasteiger partial charge in [0.1, 0.15) is 0 Å². The van der Waals surface area contributed by atoms with Gasteiger partial charge < -0.3 is 10.2 Å². The third kappa shape index (κ3) is 3.58. The first-order valence-electron chi connectivity index (χ1n) is 5.85. The van der Waals surface area contributed by atoms with Crippen molar-refractivity contribution < 1.29 is 0 Å². The van der Waals surface area contributed by atoms with Gasteiger partial charge in [-0.25, -0.2) is 0 Å². The summed E-state index contributed by atoms with van der Waals surface area (Å²) in [6, 6.07) is 0.663. The summed E-state index contributed by atoms with van der Waals surface area (Å²) >= 11 is 0. The van der Waals surface area contributed by atoms with Crippen LogP contribution in [0.5, 0.6) is 0 Å². The minimum atomic E-state index is 0.439. The molecule has 1 heterocycles. The Morgan fingerprint density at radius 1 is 1.43 bits per heavy atom. The fraction of sp³-hybridized carbons (Fsp3) is 1.00. The topological polar surface area (TPSA) is 15.3 Å². The van der Waals surface area contributed by atoms with Gasteiger partial charge in [0.2, 0.25) is 0 Å². The summed E-state index contributed by atoms with van der Waals surface area (Å²) < 4.78 is 0. The molecule has 0 aliphatic carbocycles. The average Bonchev–Trinajstić information content (AvgIpc) is 2.02. The van der Waals surface area contributed by atoms with E-state index in [0.717, 1.165) is 12.5 Å². The summed E-state index contributed by atoms with van der Waals surface area (Å²) in [5.74, 6) is 0.771. The molecule has 14 heavy (non-hydrogen) atoms. The van der Waals surface area contributed by atoms with Gasteiger partial charge in [0, 0.05) is 32.2 Å². The Balaban J connectivity index is 2.36. The van der Waals surface area contributed by atoms with Gasteiger partial charge in [0.25, 0.3) is 0 Å². The van der Waals surface area contributed by atoms with Crippen molar-refractivity contribution in [2.24, 2.45) is 11.3 Å². The number of hydrogen-bond donors (Lipinski definition) is 1. The van der Waals surface area contributed by atoms with Crippen LogP contribution in [0.4, 0.5) is 0 Å². The van der Waals surface area contributed by atoms with Gasteiger partial charge in [-0.05, 0) is 18.3 Å². The van der Waals surface area contributed by atoms with Crippen molar-refractivity contribution in [1.29, 1.82) is 0 Å². The third-order valence-corrected chi connectivity index (χ3v) is 3.46. The first-order chi connectivity index (χ1) is 6.39. The number of rotatable bonds is 2. The zero-order chi connectivity index (χ0) is 10.8. The lowest BCUT2D eigenvalue weighted by Gasteiger charge is -2.37. The van der Waals surface area contributed by atoms with Crippen molar-refractivity contribution in [2.75, 3.05) is 26.2 Å². The molecular weight excluding hydrogens is 172 g/mol. The van der Waals surface area contributed by atoms with Crippen molar-refractivity contribution in [1.82, 2.24) is 10.2 Å². The summed E-state index contributed by atoms with van der Waals surface area (Å²) in [6.45, 7) is 16.5. The van der Waals surface area contributed by atoms with E-state index in [1.165, 1.54) is 19.6 Å². The van der Waals surface area contributed by atoms with Crippen LogP contribution in [0, 0.1) is 11.3 Å². The fourth-order valence-electron chi connectivity index (χ4n) is 1.84. The van der Waals surface area contributed by atoms with E-state index in [-0.39, 0.29) is 0 Å². The first-order valence-corrected chi connectivity index (χ1v) is 5.85. The van der Waals surface area contributed by atoms with Crippen LogP contribution < -0.4 is 5.32 Å². The minimum Gasteiger partial charge on any atom is -0.312 e. The van der Waals surface area contributed by atoms with Crippen LogP contribution in [0.3, 0.4) is 0 Å². The van der Waals surface area contributed by atoms with Crippen molar-refractivity contribution in [3.05, 3.63) is 0 Å². The van der Waals surface area contributed by atoms with Crippen molar-refractivity contribution in [3.63, 3.8) is 0 Å². The highest BCUT2D eigenvalue weighted by atomic mass is 15.2. The van der Waals surface area contributed by atoms with E-state index in [1.807, 2.05) is 0 Å². The van der Waals surface area contributed by atoms with Crippen LogP contribution in [0.15, 0.2) is 0 Å². The van der Waals surface area contributed by atoms with Gasteiger partial charge in [-0.2, -0.15) is 0 Å². The van der Waals surface area contributed by atoms with Crippen molar-refractivity contribution >= 4 is 0 Å². The minimum absolute atomic E-state index is 0.439. The highest BCUT2D eigenvalue weighted by Gasteiger charge is 2.24. The monoisotopic (exact) mass is 198 g/mol. The second-order valence-electron chi connectivity index (χ2n) is 5.88. The zero-order valence-electron chi connectivity index (χ0n) is 10.4. The van der Waals surface area contributed by atoms with Gasteiger partial charge >= 0.3 is 0 Å². The van der Waals surface area contributed by atoms with E-state index >= 15 is 0 Å². The van der Waals surface area contributed by atoms with E-state index in [9.17, 15) is 0 Å². The molecule has 1 aliphatic rings. The van der Waals surface area contributed by atoms with Crippen LogP contribution >= 0.6 is 0 Å². The number of piperazine rings is 1. The zero-order valence-corrected chi connectivity index (χ0v) is 10.4. The maximum absolute atomic E-state index is 3.48. The van der Waals surface area contributed by atoms with Crippen LogP contribution in [-0.2, 0) is 0 Å². The molecule has 0 aromatic carbocycles. The molecule has 2 nitrogen and oxygen atoms in total. The molecular formula is C12H26N2. The number of nitrogens with zero attached hydrogens (tertiary/aromatic N) is 1. The molecule has 0 radical (unpaired) electrons. The SMILES string of the molecule is CC1CN(CC(C)C(C)(C)C)CCN1. The molecule has 1 saturated heterocycles. The van der Waals surface area contributed by atoms with Gasteiger partial charge in [-0.1, -0.05) is 27.7 Å². The average molecular weight is 198 g/mol. The van der Waals surface area contributed by atoms with Crippen LogP contribution in [0.2, 0.25) is 0 Å². The Bertz CT molecular complexity index is 172. The number of hydrogen-bond acceptors (Lipinski definition) is 2. The summed E-state index contributed by atoms with van der Waals surface area (Å²) in [6.07, 6.45) is 0. The quantitative estimate of drug-likeness (QED) is 0.730. The molecule has 0 spiro atoms. The van der Waals surface area contributed by atoms with Gasteiger partial charge in [-0.15, -0.1) is 0 Å². The predicted octanol–water partition coefficient (Wildman–Crippen LogP) is 1.96. The summed E-state index contributed by atoms with van der Waals surface area (Å²) in [4.78, 5) is 2.59. The Hall–Kier alpha value is -0.0800. The Morgan fingerprint density at radius 2 is 2.07 bits per heavy atom. The van der Waals surface area contributed by atoms with E-state index in [0.29, 0.717) is 11.5 Å². The van der Waals surface area contributed by atoms with Gasteiger partial charge in [0.15, 0.2) is 0 Å². The summed E-state index contributed by atoms with van der Waals surface area (Å²) in [5.41, 5.74) is 0.439. The molecule has 0 aromatic rings. The van der Waals surface area contributed by atoms with E-state index in [2.05, 4.69) is 44.8 Å². The van der Waals surface area contributed by atoms with Crippen LogP contribution in [-0.4, -0.2) is 37.1 Å². The van der Waals surface area contributed by atoms with Gasteiger partial charge in [-0.3, -0.25) is 0 Å². The normalized spacial score (nSPS) is 27.6. The maximum Gasteiger partial charge on any atom is 0.0167 e. The maximum atomic E-state index is 3.48. The Kier molecular flexibility index (Phi) is 3.96. The Labute approximate surface area is 89.1 Å². The molecule has 2 heteroatoms. The molecule has 0 saturated carbocycles. The molecule has 2 unspecified atom stereocenters. The van der Waals surface area contributed by atoms with E-state index in [1.54, 1.807) is 0 Å². The molecule has 2 atom stereocenters. The molecule has 1 rings (SSSR count). The smallest absolute Gasteiger partial charge is 0.0167 e. The van der Waals surface area contributed by atoms with Crippen LogP contribution in [0.1, 0.15) is 34.6 Å². The van der Waals surface area contributed by atoms with Crippen molar-refractivity contribution in [3.8, 4) is 0 Å². The molecule has 1 fully saturated rings. The largest absolute Gasteiger partial charge is 0.312 e. The molecule has 0 bridgehead atoms. The lowest BCUT2D eigenvalue weighted by Crippen LogP contribution is -2.51. The second-order valence-corrected chi connectivity index (χ2v) is 5.88. The third-order valence-electron chi connectivity index (χ3n) is 3.46. The molecule has 1 N–H and O–H groups in total. The molecule has 1 aliphatic heterocycles. The van der Waals surface area contributed by atoms with E-state index in [4.69, 9.17) is 0 Å². The highest BCUT2D eigenvalue weighted by Crippen LogP contribution is 2.26. The van der Waals surface area contributed by atoms with Crippen LogP contribution in [0.25, 0.3) is 0 Å². The predicted molar refractivity (Wildman–Crippen MR) is 62.5 cm³/mol. The Morgan fingerprint density at radius 3 is 2.57 bits per heavy atom. The highest BCUT2D eigenvalue weighted by molar-refractivity contribution is 4.79. The molecule has 0 aromatic heterocycles. The second kappa shape index (κ2) is 4.63. The van der Waals surface area contributed by atoms with Gasteiger partial charge in [0.05, 0.1) is 0 Å². The fourth-order valence-corrected chi connectivity index (χ4v) is 1.84. The lowest BCUT2D eigenvalue weighted by molar-refractivity contribution is 0.134. The number of nitrogens with one attached hydrogen (secondary N) is 1. The molecule has 84 valence electrons. The van der Waals surface area contributed by atoms with Crippen molar-refractivity contribution in [2.45, 2.75) is 40.7 Å². The standard InChI is InChI=1S/C12H26N2/c1-10(12(3,4)5)8-14-7-6-13-11(2)9-14/h10-11,13H,6-9H2,1-5H3. The first kappa shape index (κ1) is 12.0. The summed E-state index contributed by atoms with van der Waals surface area (Å²) in [5, 5.41) is 3.48. The summed E-state index contributed by atoms with van der Waals surface area (Å²) in [7, 11) is 0. The van der Waals surface area contributed by atoms with E-state index < -0.39 is 0 Å². The lowest BCUT2D eigenvalue weighted by atomic mass is 9.81.